The number of ether oxygens (including phenoxy) is 1. The van der Waals surface area contributed by atoms with Crippen LogP contribution in [0.3, 0.4) is 0 Å². The number of nitrogens with zero attached hydrogens (tertiary/aromatic N) is 3. The molecular weight excluding hydrogens is 386 g/mol. The van der Waals surface area contributed by atoms with Crippen LogP contribution in [0.15, 0.2) is 59.5 Å². The number of piperidine rings is 1. The SMILES string of the molecule is COc1ccccc1NC(=O)Nc1ccnn1C1CCN(C(=O)c2ccoc2)CC1. The first kappa shape index (κ1) is 19.6. The maximum atomic E-state index is 12.5. The van der Waals surface area contributed by atoms with E-state index in [0.717, 1.165) is 12.8 Å². The van der Waals surface area contributed by atoms with Crippen LogP contribution >= 0.6 is 0 Å². The van der Waals surface area contributed by atoms with Crippen LogP contribution in [0.25, 0.3) is 0 Å². The van der Waals surface area contributed by atoms with E-state index in [1.807, 2.05) is 21.7 Å². The number of hydrogen-bond acceptors (Lipinski definition) is 5. The fraction of sp³-hybridized carbons (Fsp3) is 0.286. The molecule has 0 saturated carbocycles. The number of hydrogen-bond donors (Lipinski definition) is 2. The van der Waals surface area contributed by atoms with E-state index in [1.165, 1.54) is 12.5 Å². The van der Waals surface area contributed by atoms with Crippen LogP contribution in [0.2, 0.25) is 0 Å². The van der Waals surface area contributed by atoms with Crippen molar-refractivity contribution in [3.05, 3.63) is 60.7 Å². The first-order chi connectivity index (χ1) is 14.7. The van der Waals surface area contributed by atoms with Crippen LogP contribution in [0.5, 0.6) is 5.75 Å². The van der Waals surface area contributed by atoms with Crippen molar-refractivity contribution in [2.75, 3.05) is 30.8 Å². The number of carbonyl (C=O) groups excluding carboxylic acids is 2. The van der Waals surface area contributed by atoms with Gasteiger partial charge in [-0.25, -0.2) is 9.48 Å². The molecule has 0 aliphatic carbocycles. The molecular formula is C21H23N5O4. The maximum Gasteiger partial charge on any atom is 0.324 e. The van der Waals surface area contributed by atoms with Gasteiger partial charge in [0.15, 0.2) is 0 Å². The third-order valence-electron chi connectivity index (χ3n) is 5.13. The molecule has 9 nitrogen and oxygen atoms in total. The molecule has 1 aromatic carbocycles. The van der Waals surface area contributed by atoms with Crippen molar-refractivity contribution in [1.29, 1.82) is 0 Å². The quantitative estimate of drug-likeness (QED) is 0.670. The molecule has 0 spiro atoms. The topological polar surface area (TPSA) is 102 Å². The van der Waals surface area contributed by atoms with Crippen molar-refractivity contribution in [2.24, 2.45) is 0 Å². The minimum atomic E-state index is -0.381. The molecule has 1 saturated heterocycles. The monoisotopic (exact) mass is 409 g/mol. The number of furan rings is 1. The molecule has 2 N–H and O–H groups in total. The molecule has 1 aliphatic rings. The highest BCUT2D eigenvalue weighted by molar-refractivity contribution is 6.00. The Morgan fingerprint density at radius 3 is 2.67 bits per heavy atom. The molecule has 2 aromatic heterocycles. The lowest BCUT2D eigenvalue weighted by Gasteiger charge is -2.32. The predicted octanol–water partition coefficient (Wildman–Crippen LogP) is 3.61. The van der Waals surface area contributed by atoms with Crippen LogP contribution < -0.4 is 15.4 Å². The van der Waals surface area contributed by atoms with Crippen molar-refractivity contribution in [3.8, 4) is 5.75 Å². The summed E-state index contributed by atoms with van der Waals surface area (Å²) in [6.45, 7) is 1.22. The number of para-hydroxylation sites is 2. The number of benzene rings is 1. The first-order valence-corrected chi connectivity index (χ1v) is 9.71. The fourth-order valence-electron chi connectivity index (χ4n) is 3.60. The summed E-state index contributed by atoms with van der Waals surface area (Å²) in [5.41, 5.74) is 1.14. The van der Waals surface area contributed by atoms with E-state index in [2.05, 4.69) is 15.7 Å². The third-order valence-corrected chi connectivity index (χ3v) is 5.13. The van der Waals surface area contributed by atoms with Crippen LogP contribution in [0, 0.1) is 0 Å². The molecule has 4 rings (SSSR count). The Morgan fingerprint density at radius 2 is 1.93 bits per heavy atom. The number of rotatable bonds is 5. The van der Waals surface area contributed by atoms with Gasteiger partial charge in [-0.15, -0.1) is 0 Å². The van der Waals surface area contributed by atoms with Crippen molar-refractivity contribution in [1.82, 2.24) is 14.7 Å². The first-order valence-electron chi connectivity index (χ1n) is 9.71. The van der Waals surface area contributed by atoms with Crippen LogP contribution in [0.4, 0.5) is 16.3 Å². The van der Waals surface area contributed by atoms with Crippen molar-refractivity contribution in [2.45, 2.75) is 18.9 Å². The average molecular weight is 409 g/mol. The molecule has 3 aromatic rings. The van der Waals surface area contributed by atoms with E-state index >= 15 is 0 Å². The van der Waals surface area contributed by atoms with Gasteiger partial charge in [0.05, 0.1) is 36.9 Å². The van der Waals surface area contributed by atoms with E-state index in [4.69, 9.17) is 9.15 Å². The van der Waals surface area contributed by atoms with E-state index < -0.39 is 0 Å². The van der Waals surface area contributed by atoms with Gasteiger partial charge in [0, 0.05) is 19.2 Å². The number of aromatic nitrogens is 2. The summed E-state index contributed by atoms with van der Waals surface area (Å²) in [6.07, 6.45) is 6.10. The third kappa shape index (κ3) is 4.14. The molecule has 0 unspecified atom stereocenters. The molecule has 0 radical (unpaired) electrons. The average Bonchev–Trinajstić information content (AvgIpc) is 3.46. The Hall–Kier alpha value is -3.75. The molecule has 30 heavy (non-hydrogen) atoms. The molecule has 1 aliphatic heterocycles. The molecule has 9 heteroatoms. The van der Waals surface area contributed by atoms with Gasteiger partial charge in [-0.05, 0) is 31.0 Å². The van der Waals surface area contributed by atoms with Crippen molar-refractivity contribution >= 4 is 23.4 Å². The number of amides is 3. The Kier molecular flexibility index (Phi) is 5.69. The molecule has 3 heterocycles. The summed E-state index contributed by atoms with van der Waals surface area (Å²) in [5.74, 6) is 1.15. The van der Waals surface area contributed by atoms with E-state index in [1.54, 1.807) is 37.6 Å². The Balaban J connectivity index is 1.37. The van der Waals surface area contributed by atoms with Gasteiger partial charge >= 0.3 is 6.03 Å². The molecule has 0 atom stereocenters. The smallest absolute Gasteiger partial charge is 0.324 e. The zero-order chi connectivity index (χ0) is 20.9. The summed E-state index contributed by atoms with van der Waals surface area (Å²) < 4.78 is 12.1. The normalized spacial score (nSPS) is 14.4. The standard InChI is InChI=1S/C21H23N5O4/c1-29-18-5-3-2-4-17(18)23-21(28)24-19-6-10-22-26(19)16-7-11-25(12-8-16)20(27)15-9-13-30-14-15/h2-6,9-10,13-14,16H,7-8,11-12H2,1H3,(H2,23,24,28). The van der Waals surface area contributed by atoms with Gasteiger partial charge in [-0.2, -0.15) is 5.10 Å². The van der Waals surface area contributed by atoms with Gasteiger partial charge in [-0.3, -0.25) is 10.1 Å². The highest BCUT2D eigenvalue weighted by Gasteiger charge is 2.26. The Morgan fingerprint density at radius 1 is 1.13 bits per heavy atom. The second-order valence-electron chi connectivity index (χ2n) is 6.98. The summed E-state index contributed by atoms with van der Waals surface area (Å²) >= 11 is 0. The van der Waals surface area contributed by atoms with Crippen LogP contribution in [0.1, 0.15) is 29.2 Å². The van der Waals surface area contributed by atoms with E-state index in [-0.39, 0.29) is 18.0 Å². The Bertz CT molecular complexity index is 1010. The van der Waals surface area contributed by atoms with E-state index in [9.17, 15) is 9.59 Å². The molecule has 1 fully saturated rings. The largest absolute Gasteiger partial charge is 0.495 e. The highest BCUT2D eigenvalue weighted by atomic mass is 16.5. The van der Waals surface area contributed by atoms with Crippen molar-refractivity contribution < 1.29 is 18.7 Å². The predicted molar refractivity (Wildman–Crippen MR) is 111 cm³/mol. The zero-order valence-corrected chi connectivity index (χ0v) is 16.6. The zero-order valence-electron chi connectivity index (χ0n) is 16.6. The second kappa shape index (κ2) is 8.73. The van der Waals surface area contributed by atoms with Crippen molar-refractivity contribution in [3.63, 3.8) is 0 Å². The van der Waals surface area contributed by atoms with E-state index in [0.29, 0.717) is 35.9 Å². The number of nitrogens with one attached hydrogen (secondary N) is 2. The number of methoxy groups -OCH3 is 1. The number of carbonyl (C=O) groups is 2. The summed E-state index contributed by atoms with van der Waals surface area (Å²) in [4.78, 5) is 26.7. The van der Waals surface area contributed by atoms with Gasteiger partial charge in [-0.1, -0.05) is 12.1 Å². The second-order valence-corrected chi connectivity index (χ2v) is 6.98. The molecule has 0 bridgehead atoms. The number of likely N-dealkylation sites (tertiary alicyclic amines) is 1. The van der Waals surface area contributed by atoms with Crippen LogP contribution in [-0.4, -0.2) is 46.8 Å². The lowest BCUT2D eigenvalue weighted by molar-refractivity contribution is 0.0690. The lowest BCUT2D eigenvalue weighted by atomic mass is 10.0. The molecule has 156 valence electrons. The van der Waals surface area contributed by atoms with Crippen LogP contribution in [-0.2, 0) is 0 Å². The minimum Gasteiger partial charge on any atom is -0.495 e. The lowest BCUT2D eigenvalue weighted by Crippen LogP contribution is -2.39. The number of urea groups is 1. The number of anilines is 2. The Labute approximate surface area is 173 Å². The summed E-state index contributed by atoms with van der Waals surface area (Å²) in [6, 6.07) is 10.3. The van der Waals surface area contributed by atoms with Gasteiger partial charge in [0.25, 0.3) is 5.91 Å². The summed E-state index contributed by atoms with van der Waals surface area (Å²) in [7, 11) is 1.55. The summed E-state index contributed by atoms with van der Waals surface area (Å²) in [5, 5.41) is 10.0. The van der Waals surface area contributed by atoms with Gasteiger partial charge < -0.3 is 19.4 Å². The highest BCUT2D eigenvalue weighted by Crippen LogP contribution is 2.27. The van der Waals surface area contributed by atoms with Gasteiger partial charge in [0.1, 0.15) is 17.8 Å². The maximum absolute atomic E-state index is 12.5. The minimum absolute atomic E-state index is 0.0304. The molecule has 3 amide bonds. The fourth-order valence-corrected chi connectivity index (χ4v) is 3.60. The van der Waals surface area contributed by atoms with Gasteiger partial charge in [0.2, 0.25) is 0 Å².